The third kappa shape index (κ3) is 4.79. The molecule has 0 spiro atoms. The summed E-state index contributed by atoms with van der Waals surface area (Å²) < 4.78 is 25.3. The Labute approximate surface area is 163 Å². The van der Waals surface area contributed by atoms with Crippen LogP contribution in [0.15, 0.2) is 18.2 Å². The molecule has 3 rings (SSSR count). The first kappa shape index (κ1) is 20.1. The van der Waals surface area contributed by atoms with Crippen LogP contribution < -0.4 is 20.1 Å². The van der Waals surface area contributed by atoms with E-state index in [9.17, 15) is 9.50 Å². The highest BCUT2D eigenvalue weighted by Gasteiger charge is 2.21. The first-order valence-electron chi connectivity index (χ1n) is 9.20. The smallest absolute Gasteiger partial charge is 0.229 e. The summed E-state index contributed by atoms with van der Waals surface area (Å²) in [4.78, 5) is 10.8. The van der Waals surface area contributed by atoms with E-state index in [0.29, 0.717) is 24.0 Å². The van der Waals surface area contributed by atoms with Gasteiger partial charge in [-0.25, -0.2) is 9.37 Å². The summed E-state index contributed by atoms with van der Waals surface area (Å²) in [7, 11) is 3.20. The van der Waals surface area contributed by atoms with Crippen molar-refractivity contribution >= 4 is 17.5 Å². The minimum absolute atomic E-state index is 0.0297. The second-order valence-corrected chi connectivity index (χ2v) is 6.67. The third-order valence-corrected chi connectivity index (χ3v) is 4.46. The Bertz CT molecular complexity index is 816. The van der Waals surface area contributed by atoms with Gasteiger partial charge < -0.3 is 30.1 Å². The van der Waals surface area contributed by atoms with Gasteiger partial charge in [0.15, 0.2) is 17.3 Å². The van der Waals surface area contributed by atoms with E-state index in [1.165, 1.54) is 19.2 Å². The maximum absolute atomic E-state index is 14.4. The van der Waals surface area contributed by atoms with Gasteiger partial charge in [-0.3, -0.25) is 0 Å². The highest BCUT2D eigenvalue weighted by atomic mass is 19.1. The number of aryl methyl sites for hydroxylation is 1. The maximum atomic E-state index is 14.4. The van der Waals surface area contributed by atoms with Crippen molar-refractivity contribution in [3.05, 3.63) is 29.7 Å². The Morgan fingerprint density at radius 1 is 1.29 bits per heavy atom. The molecule has 1 aromatic heterocycles. The summed E-state index contributed by atoms with van der Waals surface area (Å²) in [5.41, 5.74) is 1.23. The van der Waals surface area contributed by atoms with E-state index >= 15 is 0 Å². The number of aliphatic hydroxyl groups is 1. The van der Waals surface area contributed by atoms with Crippen molar-refractivity contribution < 1.29 is 19.0 Å². The van der Waals surface area contributed by atoms with E-state index in [1.54, 1.807) is 13.1 Å². The summed E-state index contributed by atoms with van der Waals surface area (Å²) >= 11 is 0. The average molecular weight is 391 g/mol. The summed E-state index contributed by atoms with van der Waals surface area (Å²) in [6.07, 6.45) is 0.430. The van der Waals surface area contributed by atoms with Gasteiger partial charge in [-0.2, -0.15) is 4.98 Å². The van der Waals surface area contributed by atoms with Crippen molar-refractivity contribution in [1.82, 2.24) is 14.9 Å². The van der Waals surface area contributed by atoms with Gasteiger partial charge in [-0.15, -0.1) is 0 Å². The van der Waals surface area contributed by atoms with Crippen LogP contribution in [0, 0.1) is 12.7 Å². The minimum Gasteiger partial charge on any atom is -0.491 e. The fourth-order valence-electron chi connectivity index (χ4n) is 2.94. The summed E-state index contributed by atoms with van der Waals surface area (Å²) in [6, 6.07) is 4.61. The number of likely N-dealkylation sites (tertiary alicyclic amines) is 1. The number of aromatic nitrogens is 2. The van der Waals surface area contributed by atoms with Crippen LogP contribution in [-0.4, -0.2) is 66.5 Å². The second kappa shape index (κ2) is 9.03. The van der Waals surface area contributed by atoms with Crippen LogP contribution in [0.2, 0.25) is 0 Å². The number of anilines is 3. The lowest BCUT2D eigenvalue weighted by Crippen LogP contribution is -2.43. The van der Waals surface area contributed by atoms with Gasteiger partial charge in [0.05, 0.1) is 12.8 Å². The molecule has 8 nitrogen and oxygen atoms in total. The van der Waals surface area contributed by atoms with Crippen LogP contribution in [-0.2, 0) is 0 Å². The molecule has 9 heteroatoms. The molecule has 1 aliphatic heterocycles. The first-order valence-corrected chi connectivity index (χ1v) is 9.20. The fourth-order valence-corrected chi connectivity index (χ4v) is 2.94. The molecule has 3 N–H and O–H groups in total. The third-order valence-electron chi connectivity index (χ3n) is 4.46. The van der Waals surface area contributed by atoms with Crippen LogP contribution in [0.1, 0.15) is 12.1 Å². The van der Waals surface area contributed by atoms with E-state index in [1.807, 2.05) is 6.92 Å². The van der Waals surface area contributed by atoms with Crippen LogP contribution in [0.5, 0.6) is 11.5 Å². The topological polar surface area (TPSA) is 91.8 Å². The lowest BCUT2D eigenvalue weighted by molar-refractivity contribution is 0.0449. The molecule has 0 amide bonds. The molecule has 28 heavy (non-hydrogen) atoms. The Balaban J connectivity index is 1.76. The van der Waals surface area contributed by atoms with Gasteiger partial charge in [0.2, 0.25) is 5.95 Å². The Morgan fingerprint density at radius 3 is 2.71 bits per heavy atom. The van der Waals surface area contributed by atoms with E-state index in [4.69, 9.17) is 9.47 Å². The van der Waals surface area contributed by atoms with Gasteiger partial charge in [0, 0.05) is 25.4 Å². The normalized spacial score (nSPS) is 14.9. The second-order valence-electron chi connectivity index (χ2n) is 6.67. The Kier molecular flexibility index (Phi) is 6.48. The van der Waals surface area contributed by atoms with Crippen LogP contribution in [0.4, 0.5) is 21.8 Å². The number of rotatable bonds is 9. The molecule has 2 aromatic rings. The zero-order chi connectivity index (χ0) is 20.1. The molecule has 1 atom stereocenters. The highest BCUT2D eigenvalue weighted by Crippen LogP contribution is 2.38. The average Bonchev–Trinajstić information content (AvgIpc) is 2.64. The van der Waals surface area contributed by atoms with E-state index in [-0.39, 0.29) is 18.1 Å². The van der Waals surface area contributed by atoms with Gasteiger partial charge in [-0.1, -0.05) is 0 Å². The number of nitrogens with one attached hydrogen (secondary N) is 2. The van der Waals surface area contributed by atoms with Crippen molar-refractivity contribution in [2.75, 3.05) is 51.0 Å². The predicted molar refractivity (Wildman–Crippen MR) is 105 cm³/mol. The minimum atomic E-state index is -0.709. The Hall–Kier alpha value is -2.65. The van der Waals surface area contributed by atoms with E-state index in [0.717, 1.165) is 25.2 Å². The van der Waals surface area contributed by atoms with Crippen LogP contribution >= 0.6 is 0 Å². The number of benzene rings is 1. The lowest BCUT2D eigenvalue weighted by Gasteiger charge is -2.32. The molecule has 1 aliphatic rings. The molecule has 1 fully saturated rings. The number of ether oxygens (including phenoxy) is 2. The number of aliphatic hydroxyl groups excluding tert-OH is 1. The number of β-amino-alcohol motifs (C(OH)–C–C–N with tert-alkyl or cyclic N) is 1. The van der Waals surface area contributed by atoms with Crippen molar-refractivity contribution in [3.63, 3.8) is 0 Å². The predicted octanol–water partition coefficient (Wildman–Crippen LogP) is 2.16. The number of hydrogen-bond acceptors (Lipinski definition) is 8. The monoisotopic (exact) mass is 391 g/mol. The largest absolute Gasteiger partial charge is 0.491 e. The highest BCUT2D eigenvalue weighted by molar-refractivity contribution is 5.68. The SMILES string of the molecule is CNc1cc(C)nc(Nc2ccc(F)c(OC[C@H](O)CN3CCC3)c2OC)n1. The molecule has 2 heterocycles. The van der Waals surface area contributed by atoms with Gasteiger partial charge in [-0.05, 0) is 38.6 Å². The summed E-state index contributed by atoms with van der Waals surface area (Å²) in [5.74, 6) is 0.559. The quantitative estimate of drug-likeness (QED) is 0.599. The number of halogens is 1. The number of nitrogens with zero attached hydrogens (tertiary/aromatic N) is 3. The molecule has 0 saturated carbocycles. The van der Waals surface area contributed by atoms with Gasteiger partial charge in [0.1, 0.15) is 18.5 Å². The maximum Gasteiger partial charge on any atom is 0.229 e. The number of hydrogen-bond donors (Lipinski definition) is 3. The van der Waals surface area contributed by atoms with Crippen LogP contribution in [0.25, 0.3) is 0 Å². The molecule has 1 aromatic carbocycles. The molecular formula is C19H26FN5O3. The molecule has 0 aliphatic carbocycles. The zero-order valence-corrected chi connectivity index (χ0v) is 16.3. The lowest BCUT2D eigenvalue weighted by atomic mass is 10.2. The van der Waals surface area contributed by atoms with Crippen molar-refractivity contribution in [2.45, 2.75) is 19.4 Å². The van der Waals surface area contributed by atoms with Crippen LogP contribution in [0.3, 0.4) is 0 Å². The molecule has 1 saturated heterocycles. The summed E-state index contributed by atoms with van der Waals surface area (Å²) in [5, 5.41) is 16.1. The van der Waals surface area contributed by atoms with Gasteiger partial charge >= 0.3 is 0 Å². The first-order chi connectivity index (χ1) is 13.5. The Morgan fingerprint density at radius 2 is 2.07 bits per heavy atom. The number of methoxy groups -OCH3 is 1. The fraction of sp³-hybridized carbons (Fsp3) is 0.474. The van der Waals surface area contributed by atoms with Gasteiger partial charge in [0.25, 0.3) is 0 Å². The van der Waals surface area contributed by atoms with Crippen molar-refractivity contribution in [3.8, 4) is 11.5 Å². The standard InChI is InChI=1S/C19H26FN5O3/c1-12-9-16(21-2)24-19(22-12)23-15-6-5-14(20)17(18(15)27-3)28-11-13(26)10-25-7-4-8-25/h5-6,9,13,26H,4,7-8,10-11H2,1-3H3,(H2,21,22,23,24)/t13-/m1/s1. The van der Waals surface area contributed by atoms with E-state index < -0.39 is 11.9 Å². The van der Waals surface area contributed by atoms with E-state index in [2.05, 4.69) is 25.5 Å². The molecule has 0 radical (unpaired) electrons. The van der Waals surface area contributed by atoms with Crippen molar-refractivity contribution in [1.29, 1.82) is 0 Å². The zero-order valence-electron chi connectivity index (χ0n) is 16.3. The molecule has 0 unspecified atom stereocenters. The molecule has 152 valence electrons. The molecular weight excluding hydrogens is 365 g/mol. The summed E-state index contributed by atoms with van der Waals surface area (Å²) in [6.45, 7) is 4.27. The van der Waals surface area contributed by atoms with Crippen molar-refractivity contribution in [2.24, 2.45) is 0 Å². The molecule has 0 bridgehead atoms.